The number of aldehydes is 1. The summed E-state index contributed by atoms with van der Waals surface area (Å²) >= 11 is 0. The molecule has 1 aromatic carbocycles. The van der Waals surface area contributed by atoms with E-state index in [1.54, 1.807) is 6.26 Å². The Kier molecular flexibility index (Phi) is 2.68. The van der Waals surface area contributed by atoms with E-state index in [0.29, 0.717) is 6.42 Å². The predicted octanol–water partition coefficient (Wildman–Crippen LogP) is 3.00. The number of hydrogen-bond donors (Lipinski definition) is 0. The molecule has 0 atom stereocenters. The third-order valence-corrected chi connectivity index (χ3v) is 2.45. The number of aryl methyl sites for hydroxylation is 1. The van der Waals surface area contributed by atoms with Gasteiger partial charge < -0.3 is 9.21 Å². The van der Waals surface area contributed by atoms with E-state index in [-0.39, 0.29) is 0 Å². The molecule has 0 bridgehead atoms. The summed E-state index contributed by atoms with van der Waals surface area (Å²) in [5, 5.41) is 0. The average Bonchev–Trinajstić information content (AvgIpc) is 2.74. The van der Waals surface area contributed by atoms with Gasteiger partial charge in [0, 0.05) is 12.0 Å². The molecule has 0 spiro atoms. The average molecular weight is 200 g/mol. The van der Waals surface area contributed by atoms with Crippen LogP contribution in [0.2, 0.25) is 0 Å². The Balaban J connectivity index is 2.37. The molecular weight excluding hydrogens is 188 g/mol. The largest absolute Gasteiger partial charge is 0.464 e. The van der Waals surface area contributed by atoms with Gasteiger partial charge in [0.1, 0.15) is 12.0 Å². The predicted molar refractivity (Wildman–Crippen MR) is 58.6 cm³/mol. The van der Waals surface area contributed by atoms with Crippen molar-refractivity contribution >= 4 is 6.29 Å². The van der Waals surface area contributed by atoms with Gasteiger partial charge >= 0.3 is 0 Å². The van der Waals surface area contributed by atoms with E-state index in [4.69, 9.17) is 4.42 Å². The van der Waals surface area contributed by atoms with Crippen LogP contribution in [0.15, 0.2) is 41.0 Å². The van der Waals surface area contributed by atoms with Crippen molar-refractivity contribution in [2.75, 3.05) is 0 Å². The summed E-state index contributed by atoms with van der Waals surface area (Å²) in [6, 6.07) is 9.78. The number of rotatable bonds is 3. The maximum Gasteiger partial charge on any atom is 0.133 e. The Hall–Kier alpha value is -1.83. The zero-order chi connectivity index (χ0) is 10.7. The van der Waals surface area contributed by atoms with Crippen molar-refractivity contribution < 1.29 is 9.21 Å². The molecule has 0 fully saturated rings. The van der Waals surface area contributed by atoms with Gasteiger partial charge in [0.2, 0.25) is 0 Å². The molecule has 15 heavy (non-hydrogen) atoms. The van der Waals surface area contributed by atoms with Gasteiger partial charge in [-0.05, 0) is 36.2 Å². The monoisotopic (exact) mass is 200 g/mol. The minimum absolute atomic E-state index is 0.476. The maximum atomic E-state index is 10.4. The van der Waals surface area contributed by atoms with Crippen LogP contribution < -0.4 is 0 Å². The lowest BCUT2D eigenvalue weighted by atomic mass is 10.0. The van der Waals surface area contributed by atoms with Crippen LogP contribution in [0.5, 0.6) is 0 Å². The van der Waals surface area contributed by atoms with Gasteiger partial charge in [-0.15, -0.1) is 0 Å². The SMILES string of the molecule is Cc1cc(-c2ccco2)ccc1CC=O. The lowest BCUT2D eigenvalue weighted by Gasteiger charge is -2.04. The van der Waals surface area contributed by atoms with Gasteiger partial charge in [0.15, 0.2) is 0 Å². The summed E-state index contributed by atoms with van der Waals surface area (Å²) in [6.07, 6.45) is 3.06. The van der Waals surface area contributed by atoms with Crippen molar-refractivity contribution in [3.05, 3.63) is 47.7 Å². The molecule has 76 valence electrons. The highest BCUT2D eigenvalue weighted by atomic mass is 16.3. The van der Waals surface area contributed by atoms with Crippen molar-refractivity contribution in [3.8, 4) is 11.3 Å². The first kappa shape index (κ1) is 9.71. The van der Waals surface area contributed by atoms with Gasteiger partial charge in [-0.25, -0.2) is 0 Å². The van der Waals surface area contributed by atoms with Crippen LogP contribution in [0.4, 0.5) is 0 Å². The van der Waals surface area contributed by atoms with Crippen LogP contribution >= 0.6 is 0 Å². The molecule has 1 heterocycles. The van der Waals surface area contributed by atoms with Crippen LogP contribution in [-0.4, -0.2) is 6.29 Å². The molecule has 0 radical (unpaired) electrons. The lowest BCUT2D eigenvalue weighted by molar-refractivity contribution is -0.107. The molecule has 2 heteroatoms. The Labute approximate surface area is 88.5 Å². The molecule has 0 aliphatic heterocycles. The fraction of sp³-hybridized carbons (Fsp3) is 0.154. The summed E-state index contributed by atoms with van der Waals surface area (Å²) in [5.41, 5.74) is 3.24. The number of hydrogen-bond acceptors (Lipinski definition) is 2. The van der Waals surface area contributed by atoms with E-state index in [2.05, 4.69) is 0 Å². The Morgan fingerprint density at radius 3 is 2.80 bits per heavy atom. The molecule has 0 aliphatic rings. The molecule has 0 saturated carbocycles. The van der Waals surface area contributed by atoms with Crippen molar-refractivity contribution in [2.45, 2.75) is 13.3 Å². The highest BCUT2D eigenvalue weighted by Crippen LogP contribution is 2.22. The summed E-state index contributed by atoms with van der Waals surface area (Å²) in [5.74, 6) is 0.857. The van der Waals surface area contributed by atoms with Crippen molar-refractivity contribution in [3.63, 3.8) is 0 Å². The first-order chi connectivity index (χ1) is 7.31. The second-order valence-electron chi connectivity index (χ2n) is 3.49. The molecule has 0 aliphatic carbocycles. The number of furan rings is 1. The quantitative estimate of drug-likeness (QED) is 0.713. The number of carbonyl (C=O) groups excluding carboxylic acids is 1. The second-order valence-corrected chi connectivity index (χ2v) is 3.49. The Morgan fingerprint density at radius 1 is 1.33 bits per heavy atom. The summed E-state index contributed by atoms with van der Waals surface area (Å²) in [6.45, 7) is 2.01. The summed E-state index contributed by atoms with van der Waals surface area (Å²) in [4.78, 5) is 10.4. The maximum absolute atomic E-state index is 10.4. The van der Waals surface area contributed by atoms with Crippen LogP contribution in [0.25, 0.3) is 11.3 Å². The van der Waals surface area contributed by atoms with Crippen LogP contribution in [0.3, 0.4) is 0 Å². The van der Waals surface area contributed by atoms with Gasteiger partial charge in [-0.1, -0.05) is 12.1 Å². The normalized spacial score (nSPS) is 10.2. The highest BCUT2D eigenvalue weighted by Gasteiger charge is 2.03. The van der Waals surface area contributed by atoms with Gasteiger partial charge in [-0.2, -0.15) is 0 Å². The Morgan fingerprint density at radius 2 is 2.20 bits per heavy atom. The van der Waals surface area contributed by atoms with Gasteiger partial charge in [0.05, 0.1) is 6.26 Å². The standard InChI is InChI=1S/C13H12O2/c1-10-9-12(13-3-2-8-15-13)5-4-11(10)6-7-14/h2-5,7-9H,6H2,1H3. The fourth-order valence-corrected chi connectivity index (χ4v) is 1.61. The van der Waals surface area contributed by atoms with Gasteiger partial charge in [0.25, 0.3) is 0 Å². The lowest BCUT2D eigenvalue weighted by Crippen LogP contribution is -1.90. The van der Waals surface area contributed by atoms with Crippen molar-refractivity contribution in [1.82, 2.24) is 0 Å². The second kappa shape index (κ2) is 4.13. The first-order valence-electron chi connectivity index (χ1n) is 4.88. The molecule has 0 N–H and O–H groups in total. The summed E-state index contributed by atoms with van der Waals surface area (Å²) in [7, 11) is 0. The zero-order valence-electron chi connectivity index (χ0n) is 8.57. The number of carbonyl (C=O) groups is 1. The topological polar surface area (TPSA) is 30.2 Å². The van der Waals surface area contributed by atoms with Crippen LogP contribution in [0, 0.1) is 6.92 Å². The van der Waals surface area contributed by atoms with E-state index in [0.717, 1.165) is 28.7 Å². The van der Waals surface area contributed by atoms with Crippen LogP contribution in [0.1, 0.15) is 11.1 Å². The first-order valence-corrected chi connectivity index (χ1v) is 4.88. The van der Waals surface area contributed by atoms with Crippen LogP contribution in [-0.2, 0) is 11.2 Å². The van der Waals surface area contributed by atoms with Crippen molar-refractivity contribution in [2.24, 2.45) is 0 Å². The fourth-order valence-electron chi connectivity index (χ4n) is 1.61. The van der Waals surface area contributed by atoms with E-state index in [9.17, 15) is 4.79 Å². The molecule has 0 amide bonds. The third-order valence-electron chi connectivity index (χ3n) is 2.45. The van der Waals surface area contributed by atoms with Crippen molar-refractivity contribution in [1.29, 1.82) is 0 Å². The van der Waals surface area contributed by atoms with E-state index in [1.807, 2.05) is 37.3 Å². The molecule has 1 aromatic heterocycles. The molecule has 0 unspecified atom stereocenters. The molecule has 2 nitrogen and oxygen atoms in total. The zero-order valence-corrected chi connectivity index (χ0v) is 8.57. The van der Waals surface area contributed by atoms with E-state index >= 15 is 0 Å². The smallest absolute Gasteiger partial charge is 0.133 e. The third kappa shape index (κ3) is 1.99. The minimum atomic E-state index is 0.476. The summed E-state index contributed by atoms with van der Waals surface area (Å²) < 4.78 is 5.30. The van der Waals surface area contributed by atoms with E-state index < -0.39 is 0 Å². The molecule has 0 saturated heterocycles. The highest BCUT2D eigenvalue weighted by molar-refractivity contribution is 5.62. The van der Waals surface area contributed by atoms with Gasteiger partial charge in [-0.3, -0.25) is 0 Å². The molecular formula is C13H12O2. The van der Waals surface area contributed by atoms with E-state index in [1.165, 1.54) is 0 Å². The molecule has 2 rings (SSSR count). The Bertz CT molecular complexity index is 455. The molecule has 2 aromatic rings. The minimum Gasteiger partial charge on any atom is -0.464 e. The number of benzene rings is 1.